The van der Waals surface area contributed by atoms with Gasteiger partial charge in [-0.3, -0.25) is 0 Å². The fourth-order valence-electron chi connectivity index (χ4n) is 5.40. The summed E-state index contributed by atoms with van der Waals surface area (Å²) in [5.41, 5.74) is 5.88. The Morgan fingerprint density at radius 3 is 1.60 bits per heavy atom. The third kappa shape index (κ3) is 3.25. The van der Waals surface area contributed by atoms with Crippen LogP contribution in [0.2, 0.25) is 0 Å². The minimum Gasteiger partial charge on any atom is -0.310 e. The van der Waals surface area contributed by atoms with Crippen LogP contribution in [0, 0.1) is 0 Å². The fourth-order valence-corrected chi connectivity index (χ4v) is 5.40. The Kier molecular flexibility index (Phi) is 4.53. The SMILES string of the molecule is c1ccc(-c2ccccc2N(c2ccccc2)c2cc3ccc4cccc5ccc(c2)c3c45)cc1. The van der Waals surface area contributed by atoms with E-state index in [1.807, 2.05) is 0 Å². The molecule has 0 fully saturated rings. The van der Waals surface area contributed by atoms with E-state index in [0.29, 0.717) is 0 Å². The van der Waals surface area contributed by atoms with Gasteiger partial charge < -0.3 is 4.90 Å². The molecule has 1 heteroatoms. The average molecular weight is 446 g/mol. The molecule has 0 unspecified atom stereocenters. The van der Waals surface area contributed by atoms with E-state index < -0.39 is 0 Å². The van der Waals surface area contributed by atoms with Crippen molar-refractivity contribution in [3.8, 4) is 11.1 Å². The van der Waals surface area contributed by atoms with Crippen molar-refractivity contribution < 1.29 is 0 Å². The maximum absolute atomic E-state index is 2.39. The molecular formula is C34H23N. The van der Waals surface area contributed by atoms with E-state index in [2.05, 4.69) is 144 Å². The molecule has 0 radical (unpaired) electrons. The Balaban J connectivity index is 1.52. The lowest BCUT2D eigenvalue weighted by Crippen LogP contribution is -2.11. The number of rotatable bonds is 4. The lowest BCUT2D eigenvalue weighted by molar-refractivity contribution is 1.29. The van der Waals surface area contributed by atoms with Crippen LogP contribution in [0.3, 0.4) is 0 Å². The van der Waals surface area contributed by atoms with Crippen molar-refractivity contribution in [3.05, 3.63) is 140 Å². The second-order valence-corrected chi connectivity index (χ2v) is 9.03. The van der Waals surface area contributed by atoms with Gasteiger partial charge >= 0.3 is 0 Å². The van der Waals surface area contributed by atoms with E-state index in [0.717, 1.165) is 17.1 Å². The standard InChI is InChI=1S/C34H23N/c1-3-10-24(11-4-1)31-16-7-8-17-32(31)35(29-14-5-2-6-15-29)30-22-27-20-18-25-12-9-13-26-19-21-28(23-30)34(27)33(25)26/h1-23H. The second kappa shape index (κ2) is 8.00. The Bertz CT molecular complexity index is 1720. The van der Waals surface area contributed by atoms with Gasteiger partial charge in [-0.25, -0.2) is 0 Å². The Labute approximate surface area is 204 Å². The molecule has 0 bridgehead atoms. The van der Waals surface area contributed by atoms with E-state index in [9.17, 15) is 0 Å². The summed E-state index contributed by atoms with van der Waals surface area (Å²) < 4.78 is 0. The van der Waals surface area contributed by atoms with Crippen LogP contribution in [0.1, 0.15) is 0 Å². The van der Waals surface area contributed by atoms with Gasteiger partial charge in [0.15, 0.2) is 0 Å². The van der Waals surface area contributed by atoms with Crippen molar-refractivity contribution in [1.29, 1.82) is 0 Å². The molecule has 0 amide bonds. The van der Waals surface area contributed by atoms with Crippen molar-refractivity contribution in [3.63, 3.8) is 0 Å². The van der Waals surface area contributed by atoms with E-state index in [4.69, 9.17) is 0 Å². The highest BCUT2D eigenvalue weighted by Gasteiger charge is 2.18. The summed E-state index contributed by atoms with van der Waals surface area (Å²) in [5.74, 6) is 0. The van der Waals surface area contributed by atoms with Crippen LogP contribution >= 0.6 is 0 Å². The molecule has 0 N–H and O–H groups in total. The Hall–Kier alpha value is -4.62. The summed E-state index contributed by atoms with van der Waals surface area (Å²) in [6, 6.07) is 50.3. The number of benzene rings is 7. The first-order valence-corrected chi connectivity index (χ1v) is 12.0. The second-order valence-electron chi connectivity index (χ2n) is 9.03. The van der Waals surface area contributed by atoms with Gasteiger partial charge in [-0.1, -0.05) is 109 Å². The average Bonchev–Trinajstić information content (AvgIpc) is 2.93. The van der Waals surface area contributed by atoms with Gasteiger partial charge in [-0.2, -0.15) is 0 Å². The summed E-state index contributed by atoms with van der Waals surface area (Å²) in [4.78, 5) is 2.39. The quantitative estimate of drug-likeness (QED) is 0.244. The first-order valence-electron chi connectivity index (χ1n) is 12.0. The summed E-state index contributed by atoms with van der Waals surface area (Å²) >= 11 is 0. The molecule has 0 saturated heterocycles. The molecule has 1 nitrogen and oxygen atoms in total. The topological polar surface area (TPSA) is 3.24 Å². The van der Waals surface area contributed by atoms with Crippen molar-refractivity contribution >= 4 is 49.4 Å². The maximum Gasteiger partial charge on any atom is 0.0540 e. The van der Waals surface area contributed by atoms with Crippen LogP contribution in [-0.4, -0.2) is 0 Å². The molecule has 0 spiro atoms. The lowest BCUT2D eigenvalue weighted by atomic mass is 9.93. The highest BCUT2D eigenvalue weighted by atomic mass is 15.1. The third-order valence-corrected chi connectivity index (χ3v) is 6.95. The smallest absolute Gasteiger partial charge is 0.0540 e. The zero-order chi connectivity index (χ0) is 23.2. The summed E-state index contributed by atoms with van der Waals surface area (Å²) in [6.07, 6.45) is 0. The van der Waals surface area contributed by atoms with Crippen LogP contribution in [0.15, 0.2) is 140 Å². The van der Waals surface area contributed by atoms with Crippen LogP contribution < -0.4 is 4.90 Å². The van der Waals surface area contributed by atoms with Crippen LogP contribution in [-0.2, 0) is 0 Å². The first kappa shape index (κ1) is 19.8. The molecule has 7 aromatic carbocycles. The van der Waals surface area contributed by atoms with E-state index in [1.54, 1.807) is 0 Å². The largest absolute Gasteiger partial charge is 0.310 e. The van der Waals surface area contributed by atoms with Gasteiger partial charge in [0.05, 0.1) is 5.69 Å². The molecule has 35 heavy (non-hydrogen) atoms. The number of para-hydroxylation sites is 2. The molecular weight excluding hydrogens is 422 g/mol. The van der Waals surface area contributed by atoms with Gasteiger partial charge in [-0.05, 0) is 68.2 Å². The van der Waals surface area contributed by atoms with E-state index >= 15 is 0 Å². The third-order valence-electron chi connectivity index (χ3n) is 6.95. The van der Waals surface area contributed by atoms with Gasteiger partial charge in [0.1, 0.15) is 0 Å². The minimum atomic E-state index is 1.14. The van der Waals surface area contributed by atoms with Gasteiger partial charge in [-0.15, -0.1) is 0 Å². The summed E-state index contributed by atoms with van der Waals surface area (Å²) in [5, 5.41) is 7.81. The maximum atomic E-state index is 2.39. The zero-order valence-electron chi connectivity index (χ0n) is 19.2. The molecule has 0 aromatic heterocycles. The molecule has 0 heterocycles. The van der Waals surface area contributed by atoms with E-state index in [-0.39, 0.29) is 0 Å². The Morgan fingerprint density at radius 1 is 0.371 bits per heavy atom. The summed E-state index contributed by atoms with van der Waals surface area (Å²) in [7, 11) is 0. The Morgan fingerprint density at radius 2 is 0.914 bits per heavy atom. The normalized spacial score (nSPS) is 11.4. The van der Waals surface area contributed by atoms with Crippen LogP contribution in [0.5, 0.6) is 0 Å². The number of hydrogen-bond acceptors (Lipinski definition) is 1. The number of nitrogens with zero attached hydrogens (tertiary/aromatic N) is 1. The number of hydrogen-bond donors (Lipinski definition) is 0. The number of anilines is 3. The molecule has 0 saturated carbocycles. The molecule has 0 aliphatic rings. The molecule has 0 atom stereocenters. The predicted molar refractivity (Wildman–Crippen MR) is 150 cm³/mol. The summed E-state index contributed by atoms with van der Waals surface area (Å²) in [6.45, 7) is 0. The highest BCUT2D eigenvalue weighted by Crippen LogP contribution is 2.44. The monoisotopic (exact) mass is 445 g/mol. The molecule has 164 valence electrons. The minimum absolute atomic E-state index is 1.14. The van der Waals surface area contributed by atoms with Crippen molar-refractivity contribution in [1.82, 2.24) is 0 Å². The molecule has 7 aromatic rings. The van der Waals surface area contributed by atoms with Crippen molar-refractivity contribution in [2.45, 2.75) is 0 Å². The van der Waals surface area contributed by atoms with Crippen molar-refractivity contribution in [2.75, 3.05) is 4.90 Å². The van der Waals surface area contributed by atoms with Crippen LogP contribution in [0.4, 0.5) is 17.1 Å². The van der Waals surface area contributed by atoms with Gasteiger partial charge in [0, 0.05) is 16.9 Å². The van der Waals surface area contributed by atoms with Crippen LogP contribution in [0.25, 0.3) is 43.4 Å². The fraction of sp³-hybridized carbons (Fsp3) is 0. The predicted octanol–water partition coefficient (Wildman–Crippen LogP) is 9.72. The molecule has 7 rings (SSSR count). The first-order chi connectivity index (χ1) is 17.4. The highest BCUT2D eigenvalue weighted by molar-refractivity contribution is 6.23. The molecule has 0 aliphatic heterocycles. The van der Waals surface area contributed by atoms with E-state index in [1.165, 1.54) is 43.4 Å². The zero-order valence-corrected chi connectivity index (χ0v) is 19.2. The van der Waals surface area contributed by atoms with Crippen molar-refractivity contribution in [2.24, 2.45) is 0 Å². The molecule has 0 aliphatic carbocycles. The van der Waals surface area contributed by atoms with Gasteiger partial charge in [0.25, 0.3) is 0 Å². The van der Waals surface area contributed by atoms with Gasteiger partial charge in [0.2, 0.25) is 0 Å². The lowest BCUT2D eigenvalue weighted by Gasteiger charge is -2.28.